The molecule has 15 heavy (non-hydrogen) atoms. The van der Waals surface area contributed by atoms with Gasteiger partial charge in [0.05, 0.1) is 16.6 Å². The third-order valence-corrected chi connectivity index (χ3v) is 2.14. The topological polar surface area (TPSA) is 52.4 Å². The summed E-state index contributed by atoms with van der Waals surface area (Å²) >= 11 is 5.52. The number of ether oxygens (including phenoxy) is 1. The second kappa shape index (κ2) is 5.04. The molecule has 0 unspecified atom stereocenters. The zero-order valence-corrected chi connectivity index (χ0v) is 8.75. The fourth-order valence-corrected chi connectivity index (χ4v) is 1.36. The van der Waals surface area contributed by atoms with Crippen LogP contribution in [-0.2, 0) is 11.2 Å². The summed E-state index contributed by atoms with van der Waals surface area (Å²) in [7, 11) is 1.51. The number of halogens is 2. The first-order valence-corrected chi connectivity index (χ1v) is 4.55. The zero-order chi connectivity index (χ0) is 11.4. The predicted molar refractivity (Wildman–Crippen MR) is 53.6 cm³/mol. The number of nitro groups is 1. The van der Waals surface area contributed by atoms with Crippen molar-refractivity contribution in [2.24, 2.45) is 0 Å². The molecule has 0 saturated heterocycles. The van der Waals surface area contributed by atoms with E-state index in [4.69, 9.17) is 16.3 Å². The third kappa shape index (κ3) is 2.87. The van der Waals surface area contributed by atoms with Crippen molar-refractivity contribution >= 4 is 17.3 Å². The minimum Gasteiger partial charge on any atom is -0.384 e. The second-order valence-electron chi connectivity index (χ2n) is 2.91. The molecule has 6 heteroatoms. The van der Waals surface area contributed by atoms with E-state index in [1.807, 2.05) is 0 Å². The van der Waals surface area contributed by atoms with Gasteiger partial charge in [-0.2, -0.15) is 4.39 Å². The largest absolute Gasteiger partial charge is 0.384 e. The molecule has 0 spiro atoms. The minimum atomic E-state index is -0.997. The molecule has 0 bridgehead atoms. The van der Waals surface area contributed by atoms with E-state index in [1.165, 1.54) is 19.2 Å². The van der Waals surface area contributed by atoms with E-state index in [-0.39, 0.29) is 5.02 Å². The van der Waals surface area contributed by atoms with E-state index in [0.29, 0.717) is 18.6 Å². The Morgan fingerprint density at radius 1 is 1.60 bits per heavy atom. The highest BCUT2D eigenvalue weighted by Gasteiger charge is 2.18. The monoisotopic (exact) mass is 233 g/mol. The molecule has 0 atom stereocenters. The fraction of sp³-hybridized carbons (Fsp3) is 0.333. The highest BCUT2D eigenvalue weighted by molar-refractivity contribution is 6.31. The van der Waals surface area contributed by atoms with Crippen LogP contribution >= 0.6 is 11.6 Å². The van der Waals surface area contributed by atoms with Gasteiger partial charge in [0.15, 0.2) is 0 Å². The van der Waals surface area contributed by atoms with Crippen molar-refractivity contribution in [3.63, 3.8) is 0 Å². The summed E-state index contributed by atoms with van der Waals surface area (Å²) in [5, 5.41) is 10.2. The molecular formula is C9H9ClFNO3. The Labute approximate surface area is 90.8 Å². The molecule has 1 aromatic rings. The van der Waals surface area contributed by atoms with Crippen LogP contribution in [0.3, 0.4) is 0 Å². The Kier molecular flexibility index (Phi) is 3.99. The van der Waals surface area contributed by atoms with Crippen LogP contribution in [0.1, 0.15) is 5.56 Å². The van der Waals surface area contributed by atoms with Gasteiger partial charge in [0.25, 0.3) is 0 Å². The second-order valence-corrected chi connectivity index (χ2v) is 3.32. The summed E-state index contributed by atoms with van der Waals surface area (Å²) in [6.07, 6.45) is 0.456. The van der Waals surface area contributed by atoms with E-state index in [0.717, 1.165) is 0 Å². The van der Waals surface area contributed by atoms with Crippen molar-refractivity contribution in [1.82, 2.24) is 0 Å². The quantitative estimate of drug-likeness (QED) is 0.593. The first kappa shape index (κ1) is 11.9. The van der Waals surface area contributed by atoms with E-state index in [2.05, 4.69) is 0 Å². The van der Waals surface area contributed by atoms with Gasteiger partial charge >= 0.3 is 5.69 Å². The molecule has 0 aliphatic heterocycles. The number of rotatable bonds is 4. The lowest BCUT2D eigenvalue weighted by Gasteiger charge is -2.02. The maximum absolute atomic E-state index is 13.1. The summed E-state index contributed by atoms with van der Waals surface area (Å²) < 4.78 is 18.0. The van der Waals surface area contributed by atoms with Gasteiger partial charge in [-0.05, 0) is 18.1 Å². The average Bonchev–Trinajstić information content (AvgIpc) is 2.19. The summed E-state index contributed by atoms with van der Waals surface area (Å²) in [6.45, 7) is 0.402. The number of benzene rings is 1. The van der Waals surface area contributed by atoms with Crippen LogP contribution in [0.5, 0.6) is 0 Å². The van der Waals surface area contributed by atoms with E-state index < -0.39 is 16.4 Å². The van der Waals surface area contributed by atoms with E-state index in [1.54, 1.807) is 0 Å². The maximum atomic E-state index is 13.1. The van der Waals surface area contributed by atoms with Gasteiger partial charge < -0.3 is 4.74 Å². The lowest BCUT2D eigenvalue weighted by molar-refractivity contribution is -0.387. The number of nitro benzene ring substituents is 1. The minimum absolute atomic E-state index is 0.240. The predicted octanol–water partition coefficient (Wildman–Crippen LogP) is 2.58. The molecule has 0 amide bonds. The van der Waals surface area contributed by atoms with Crippen LogP contribution in [0.15, 0.2) is 12.1 Å². The van der Waals surface area contributed by atoms with E-state index >= 15 is 0 Å². The van der Waals surface area contributed by atoms with Crippen LogP contribution in [0.4, 0.5) is 10.1 Å². The molecule has 82 valence electrons. The molecule has 0 aromatic heterocycles. The average molecular weight is 234 g/mol. The molecule has 1 rings (SSSR count). The van der Waals surface area contributed by atoms with Crippen LogP contribution in [0.25, 0.3) is 0 Å². The Bertz CT molecular complexity index is 384. The van der Waals surface area contributed by atoms with Crippen LogP contribution in [0.2, 0.25) is 5.02 Å². The molecular weight excluding hydrogens is 225 g/mol. The molecule has 0 aliphatic rings. The molecule has 4 nitrogen and oxygen atoms in total. The molecule has 0 fully saturated rings. The molecule has 0 heterocycles. The summed E-state index contributed by atoms with van der Waals surface area (Å²) in [5.41, 5.74) is -0.0245. The Hall–Kier alpha value is -1.20. The van der Waals surface area contributed by atoms with Crippen molar-refractivity contribution in [2.75, 3.05) is 13.7 Å². The maximum Gasteiger partial charge on any atom is 0.306 e. The number of hydrogen-bond acceptors (Lipinski definition) is 3. The third-order valence-electron chi connectivity index (χ3n) is 1.86. The van der Waals surface area contributed by atoms with Gasteiger partial charge in [0, 0.05) is 13.2 Å². The smallest absolute Gasteiger partial charge is 0.306 e. The zero-order valence-electron chi connectivity index (χ0n) is 8.00. The van der Waals surface area contributed by atoms with Crippen molar-refractivity contribution in [3.05, 3.63) is 38.7 Å². The van der Waals surface area contributed by atoms with Gasteiger partial charge in [-0.15, -0.1) is 0 Å². The lowest BCUT2D eigenvalue weighted by atomic mass is 10.1. The van der Waals surface area contributed by atoms with Crippen molar-refractivity contribution in [3.8, 4) is 0 Å². The Morgan fingerprint density at radius 2 is 2.27 bits per heavy atom. The first-order chi connectivity index (χ1) is 7.06. The fourth-order valence-electron chi connectivity index (χ4n) is 1.13. The van der Waals surface area contributed by atoms with Crippen LogP contribution in [-0.4, -0.2) is 18.6 Å². The number of methoxy groups -OCH3 is 1. The van der Waals surface area contributed by atoms with Crippen molar-refractivity contribution in [2.45, 2.75) is 6.42 Å². The first-order valence-electron chi connectivity index (χ1n) is 4.17. The van der Waals surface area contributed by atoms with Gasteiger partial charge in [-0.3, -0.25) is 10.1 Å². The van der Waals surface area contributed by atoms with Crippen molar-refractivity contribution in [1.29, 1.82) is 0 Å². The molecule has 0 saturated carbocycles. The molecule has 0 aliphatic carbocycles. The summed E-state index contributed by atoms with van der Waals surface area (Å²) in [6, 6.07) is 2.53. The van der Waals surface area contributed by atoms with Gasteiger partial charge in [-0.1, -0.05) is 11.6 Å². The lowest BCUT2D eigenvalue weighted by Crippen LogP contribution is -1.99. The molecule has 1 aromatic carbocycles. The normalized spacial score (nSPS) is 10.3. The highest BCUT2D eigenvalue weighted by Crippen LogP contribution is 2.26. The SMILES string of the molecule is COCCc1cc(Cl)c(F)c([N+](=O)[O-])c1. The van der Waals surface area contributed by atoms with Gasteiger partial charge in [0.1, 0.15) is 0 Å². The van der Waals surface area contributed by atoms with Crippen LogP contribution in [0, 0.1) is 15.9 Å². The summed E-state index contributed by atoms with van der Waals surface area (Å²) in [5.74, 6) is -0.997. The Balaban J connectivity index is 3.06. The highest BCUT2D eigenvalue weighted by atomic mass is 35.5. The number of hydrogen-bond donors (Lipinski definition) is 0. The van der Waals surface area contributed by atoms with Gasteiger partial charge in [0.2, 0.25) is 5.82 Å². The molecule has 0 N–H and O–H groups in total. The summed E-state index contributed by atoms with van der Waals surface area (Å²) in [4.78, 5) is 9.68. The standard InChI is InChI=1S/C9H9ClFNO3/c1-15-3-2-6-4-7(10)9(11)8(5-6)12(13)14/h4-5H,2-3H2,1H3. The van der Waals surface area contributed by atoms with E-state index in [9.17, 15) is 14.5 Å². The van der Waals surface area contributed by atoms with Gasteiger partial charge in [-0.25, -0.2) is 0 Å². The Morgan fingerprint density at radius 3 is 2.80 bits per heavy atom. The van der Waals surface area contributed by atoms with Crippen molar-refractivity contribution < 1.29 is 14.1 Å². The molecule has 0 radical (unpaired) electrons. The number of nitrogens with zero attached hydrogens (tertiary/aromatic N) is 1. The van der Waals surface area contributed by atoms with Crippen LogP contribution < -0.4 is 0 Å².